The van der Waals surface area contributed by atoms with Crippen molar-refractivity contribution in [2.45, 2.75) is 50.0 Å². The number of sulfone groups is 1. The van der Waals surface area contributed by atoms with Crippen molar-refractivity contribution in [2.24, 2.45) is 5.92 Å². The molecule has 1 saturated heterocycles. The van der Waals surface area contributed by atoms with Crippen LogP contribution in [0, 0.1) is 17.2 Å². The summed E-state index contributed by atoms with van der Waals surface area (Å²) in [6, 6.07) is 7.68. The number of urea groups is 1. The van der Waals surface area contributed by atoms with Crippen LogP contribution in [0.5, 0.6) is 0 Å². The lowest BCUT2D eigenvalue weighted by molar-refractivity contribution is -0.123. The van der Waals surface area contributed by atoms with E-state index in [2.05, 4.69) is 10.6 Å². The third-order valence-corrected chi connectivity index (χ3v) is 6.28. The van der Waals surface area contributed by atoms with Crippen molar-refractivity contribution in [2.75, 3.05) is 25.9 Å². The molecule has 2 rings (SSSR count). The van der Waals surface area contributed by atoms with Crippen molar-refractivity contribution in [3.8, 4) is 6.07 Å². The maximum Gasteiger partial charge on any atom is 0.318 e. The second-order valence-electron chi connectivity index (χ2n) is 8.13. The van der Waals surface area contributed by atoms with E-state index in [1.165, 1.54) is 6.26 Å². The third kappa shape index (κ3) is 6.73. The van der Waals surface area contributed by atoms with Crippen LogP contribution < -0.4 is 10.6 Å². The molecular weight excluding hydrogens is 404 g/mol. The number of hydrogen-bond acceptors (Lipinski definition) is 5. The second-order valence-corrected chi connectivity index (χ2v) is 10.1. The van der Waals surface area contributed by atoms with Gasteiger partial charge in [-0.2, -0.15) is 5.26 Å². The number of nitrogens with zero attached hydrogens (tertiary/aromatic N) is 2. The molecule has 1 aromatic rings. The van der Waals surface area contributed by atoms with E-state index < -0.39 is 15.9 Å². The van der Waals surface area contributed by atoms with Crippen molar-refractivity contribution >= 4 is 21.8 Å². The van der Waals surface area contributed by atoms with Gasteiger partial charge in [0.25, 0.3) is 0 Å². The minimum Gasteiger partial charge on any atom is -0.341 e. The van der Waals surface area contributed by atoms with Crippen molar-refractivity contribution in [3.63, 3.8) is 0 Å². The molecule has 3 amide bonds. The summed E-state index contributed by atoms with van der Waals surface area (Å²) in [4.78, 5) is 27.1. The normalized spacial score (nSPS) is 17.8. The van der Waals surface area contributed by atoms with Crippen molar-refractivity contribution in [3.05, 3.63) is 29.8 Å². The maximum absolute atomic E-state index is 12.8. The number of benzene rings is 1. The second kappa shape index (κ2) is 10.4. The summed E-state index contributed by atoms with van der Waals surface area (Å²) in [5.41, 5.74) is 0.991. The van der Waals surface area contributed by atoms with Gasteiger partial charge in [-0.25, -0.2) is 13.2 Å². The Bertz CT molecular complexity index is 891. The van der Waals surface area contributed by atoms with Crippen LogP contribution in [0.3, 0.4) is 0 Å². The zero-order chi connectivity index (χ0) is 22.3. The van der Waals surface area contributed by atoms with E-state index in [-0.39, 0.29) is 35.2 Å². The quantitative estimate of drug-likeness (QED) is 0.637. The van der Waals surface area contributed by atoms with Gasteiger partial charge in [0.05, 0.1) is 11.0 Å². The molecular formula is C21H30N4O4S. The number of hydrogen-bond donors (Lipinski definition) is 2. The van der Waals surface area contributed by atoms with Gasteiger partial charge in [0.2, 0.25) is 5.91 Å². The minimum absolute atomic E-state index is 0.0986. The number of likely N-dealkylation sites (tertiary alicyclic amines) is 1. The molecule has 0 spiro atoms. The largest absolute Gasteiger partial charge is 0.341 e. The first-order chi connectivity index (χ1) is 14.1. The Kier molecular flexibility index (Phi) is 8.24. The Hall–Kier alpha value is -2.60. The number of amides is 3. The zero-order valence-corrected chi connectivity index (χ0v) is 18.5. The molecule has 8 nitrogen and oxygen atoms in total. The lowest BCUT2D eigenvalue weighted by Crippen LogP contribution is -2.53. The molecule has 2 unspecified atom stereocenters. The molecule has 0 aliphatic carbocycles. The molecule has 1 aliphatic heterocycles. The van der Waals surface area contributed by atoms with Crippen LogP contribution in [-0.2, 0) is 14.6 Å². The van der Waals surface area contributed by atoms with E-state index >= 15 is 0 Å². The molecule has 1 heterocycles. The molecule has 1 aromatic carbocycles. The Morgan fingerprint density at radius 3 is 2.50 bits per heavy atom. The van der Waals surface area contributed by atoms with Crippen LogP contribution in [0.1, 0.15) is 44.6 Å². The van der Waals surface area contributed by atoms with Crippen molar-refractivity contribution in [1.82, 2.24) is 15.5 Å². The van der Waals surface area contributed by atoms with E-state index in [0.29, 0.717) is 19.5 Å². The lowest BCUT2D eigenvalue weighted by Gasteiger charge is -2.34. The summed E-state index contributed by atoms with van der Waals surface area (Å²) >= 11 is 0. The number of carbonyl (C=O) groups excluding carboxylic acids is 2. The summed E-state index contributed by atoms with van der Waals surface area (Å²) in [5, 5.41) is 14.0. The first kappa shape index (κ1) is 23.7. The summed E-state index contributed by atoms with van der Waals surface area (Å²) in [6.45, 7) is 4.93. The Balaban J connectivity index is 2.04. The monoisotopic (exact) mass is 434 g/mol. The Morgan fingerprint density at radius 2 is 1.93 bits per heavy atom. The standard InChI is InChI=1S/C21H30N4O4S/c1-15(2)13-19(20(26)23-11-10-22)24-21(27)25-12-4-5-17(14-25)16-6-8-18(9-7-16)30(3,28)29/h6-9,15,17,19H,4-5,11-14H2,1-3H3,(H,23,26)(H,24,27). The van der Waals surface area contributed by atoms with Gasteiger partial charge in [0.1, 0.15) is 12.6 Å². The van der Waals surface area contributed by atoms with Crippen LogP contribution in [0.15, 0.2) is 29.2 Å². The summed E-state index contributed by atoms with van der Waals surface area (Å²) < 4.78 is 23.3. The fourth-order valence-corrected chi connectivity index (χ4v) is 4.24. The highest BCUT2D eigenvalue weighted by Crippen LogP contribution is 2.28. The summed E-state index contributed by atoms with van der Waals surface area (Å²) in [6.07, 6.45) is 3.38. The molecule has 9 heteroatoms. The third-order valence-electron chi connectivity index (χ3n) is 5.15. The minimum atomic E-state index is -3.25. The molecule has 2 N–H and O–H groups in total. The van der Waals surface area contributed by atoms with Gasteiger partial charge in [-0.3, -0.25) is 4.79 Å². The van der Waals surface area contributed by atoms with Gasteiger partial charge < -0.3 is 15.5 Å². The Morgan fingerprint density at radius 1 is 1.27 bits per heavy atom. The van der Waals surface area contributed by atoms with Gasteiger partial charge in [0.15, 0.2) is 9.84 Å². The molecule has 30 heavy (non-hydrogen) atoms. The molecule has 0 radical (unpaired) electrons. The van der Waals surface area contributed by atoms with Crippen LogP contribution in [0.2, 0.25) is 0 Å². The topological polar surface area (TPSA) is 119 Å². The molecule has 1 fully saturated rings. The predicted octanol–water partition coefficient (Wildman–Crippen LogP) is 2.03. The molecule has 0 bridgehead atoms. The number of carbonyl (C=O) groups is 2. The lowest BCUT2D eigenvalue weighted by atomic mass is 9.91. The molecule has 2 atom stereocenters. The maximum atomic E-state index is 12.8. The van der Waals surface area contributed by atoms with Gasteiger partial charge in [-0.1, -0.05) is 26.0 Å². The highest BCUT2D eigenvalue weighted by molar-refractivity contribution is 7.90. The van der Waals surface area contributed by atoms with E-state index in [1.807, 2.05) is 19.9 Å². The molecule has 1 aliphatic rings. The van der Waals surface area contributed by atoms with E-state index in [1.54, 1.807) is 29.2 Å². The van der Waals surface area contributed by atoms with Crippen molar-refractivity contribution < 1.29 is 18.0 Å². The first-order valence-corrected chi connectivity index (χ1v) is 12.0. The average Bonchev–Trinajstić information content (AvgIpc) is 2.70. The highest BCUT2D eigenvalue weighted by Gasteiger charge is 2.28. The smallest absolute Gasteiger partial charge is 0.318 e. The van der Waals surface area contributed by atoms with Crippen LogP contribution in [0.4, 0.5) is 4.79 Å². The summed E-state index contributed by atoms with van der Waals surface area (Å²) in [5.74, 6) is -0.0526. The molecule has 0 aromatic heterocycles. The van der Waals surface area contributed by atoms with Crippen LogP contribution in [-0.4, -0.2) is 57.2 Å². The van der Waals surface area contributed by atoms with Gasteiger partial charge in [-0.15, -0.1) is 0 Å². The van der Waals surface area contributed by atoms with E-state index in [0.717, 1.165) is 18.4 Å². The van der Waals surface area contributed by atoms with Gasteiger partial charge in [-0.05, 0) is 42.9 Å². The summed E-state index contributed by atoms with van der Waals surface area (Å²) in [7, 11) is -3.25. The first-order valence-electron chi connectivity index (χ1n) is 10.1. The zero-order valence-electron chi connectivity index (χ0n) is 17.7. The highest BCUT2D eigenvalue weighted by atomic mass is 32.2. The fraction of sp³-hybridized carbons (Fsp3) is 0.571. The van der Waals surface area contributed by atoms with E-state index in [4.69, 9.17) is 5.26 Å². The number of nitriles is 1. The van der Waals surface area contributed by atoms with Gasteiger partial charge in [0, 0.05) is 25.3 Å². The fourth-order valence-electron chi connectivity index (χ4n) is 3.61. The van der Waals surface area contributed by atoms with Crippen LogP contribution in [0.25, 0.3) is 0 Å². The van der Waals surface area contributed by atoms with E-state index in [9.17, 15) is 18.0 Å². The average molecular weight is 435 g/mol. The number of nitrogens with one attached hydrogen (secondary N) is 2. The molecule has 0 saturated carbocycles. The van der Waals surface area contributed by atoms with Gasteiger partial charge >= 0.3 is 6.03 Å². The molecule has 164 valence electrons. The Labute approximate surface area is 178 Å². The predicted molar refractivity (Wildman–Crippen MR) is 113 cm³/mol. The SMILES string of the molecule is CC(C)CC(NC(=O)N1CCCC(c2ccc(S(C)(=O)=O)cc2)C1)C(=O)NCC#N. The number of piperidine rings is 1. The number of rotatable bonds is 7. The van der Waals surface area contributed by atoms with Crippen LogP contribution >= 0.6 is 0 Å². The van der Waals surface area contributed by atoms with Crippen molar-refractivity contribution in [1.29, 1.82) is 5.26 Å².